The van der Waals surface area contributed by atoms with Gasteiger partial charge in [0.2, 0.25) is 11.8 Å². The van der Waals surface area contributed by atoms with Crippen LogP contribution in [0.5, 0.6) is 0 Å². The third-order valence-electron chi connectivity index (χ3n) is 5.64. The molecule has 0 bridgehead atoms. The molecule has 4 aromatic rings. The summed E-state index contributed by atoms with van der Waals surface area (Å²) in [5.74, 6) is -0.640. The molecular weight excluding hydrogens is 533 g/mol. The van der Waals surface area contributed by atoms with Gasteiger partial charge in [0, 0.05) is 42.6 Å². The van der Waals surface area contributed by atoms with Gasteiger partial charge in [-0.05, 0) is 54.1 Å². The van der Waals surface area contributed by atoms with Gasteiger partial charge >= 0.3 is 6.18 Å². The summed E-state index contributed by atoms with van der Waals surface area (Å²) in [6.07, 6.45) is -3.80. The normalized spacial score (nSPS) is 11.7. The van der Waals surface area contributed by atoms with Crippen LogP contribution in [0.25, 0.3) is 28.1 Å². The van der Waals surface area contributed by atoms with Crippen molar-refractivity contribution in [3.63, 3.8) is 0 Å². The Hall–Kier alpha value is -4.45. The molecule has 2 amide bonds. The first-order valence-electron chi connectivity index (χ1n) is 11.5. The Morgan fingerprint density at radius 2 is 1.23 bits per heavy atom. The number of hydrogen-bond donors (Lipinski definition) is 2. The Labute approximate surface area is 222 Å². The maximum absolute atomic E-state index is 14.4. The minimum atomic E-state index is -4.84. The van der Waals surface area contributed by atoms with Gasteiger partial charge in [-0.15, -0.1) is 0 Å². The lowest BCUT2D eigenvalue weighted by Gasteiger charge is -2.13. The molecule has 3 aromatic carbocycles. The number of hydrogen-bond acceptors (Lipinski definition) is 5. The van der Waals surface area contributed by atoms with E-state index in [2.05, 4.69) is 15.7 Å². The van der Waals surface area contributed by atoms with E-state index in [1.165, 1.54) is 86.6 Å². The third kappa shape index (κ3) is 6.17. The standard InChI is InChI=1S/C27H23F3N4O4S/c1-16(35)31-20-8-4-18(5-9-20)24-25(19-6-14-23(15-7-19)39(3,37)38)34(33-26(24)27(28,29)30)22-12-10-21(11-13-22)32-17(2)36/h4-15H,1-3H3,(H,31,35)(H,32,36). The van der Waals surface area contributed by atoms with Crippen molar-refractivity contribution >= 4 is 33.0 Å². The van der Waals surface area contributed by atoms with Crippen LogP contribution in [0.15, 0.2) is 77.7 Å². The van der Waals surface area contributed by atoms with Gasteiger partial charge in [0.1, 0.15) is 0 Å². The SMILES string of the molecule is CC(=O)Nc1ccc(-c2c(C(F)(F)F)nn(-c3ccc(NC(C)=O)cc3)c2-c2ccc(S(C)(=O)=O)cc2)cc1. The number of aromatic nitrogens is 2. The molecule has 0 atom stereocenters. The van der Waals surface area contributed by atoms with Gasteiger partial charge in [-0.3, -0.25) is 9.59 Å². The molecule has 1 aromatic heterocycles. The minimum Gasteiger partial charge on any atom is -0.326 e. The molecule has 0 aliphatic carbocycles. The van der Waals surface area contributed by atoms with E-state index in [4.69, 9.17) is 0 Å². The summed E-state index contributed by atoms with van der Waals surface area (Å²) >= 11 is 0. The molecule has 0 radical (unpaired) electrons. The Kier molecular flexibility index (Phi) is 7.33. The number of alkyl halides is 3. The fraction of sp³-hybridized carbons (Fsp3) is 0.148. The Morgan fingerprint density at radius 3 is 1.67 bits per heavy atom. The van der Waals surface area contributed by atoms with Crippen LogP contribution >= 0.6 is 0 Å². The van der Waals surface area contributed by atoms with Crippen molar-refractivity contribution in [1.82, 2.24) is 9.78 Å². The molecule has 0 saturated carbocycles. The fourth-order valence-electron chi connectivity index (χ4n) is 4.02. The monoisotopic (exact) mass is 556 g/mol. The number of carbonyl (C=O) groups excluding carboxylic acids is 2. The van der Waals surface area contributed by atoms with E-state index in [0.29, 0.717) is 11.4 Å². The van der Waals surface area contributed by atoms with Gasteiger partial charge in [-0.2, -0.15) is 18.3 Å². The molecule has 1 heterocycles. The summed E-state index contributed by atoms with van der Waals surface area (Å²) in [7, 11) is -3.55. The number of carbonyl (C=O) groups is 2. The van der Waals surface area contributed by atoms with E-state index in [9.17, 15) is 31.2 Å². The zero-order valence-electron chi connectivity index (χ0n) is 21.0. The molecule has 12 heteroatoms. The first-order valence-corrected chi connectivity index (χ1v) is 13.4. The van der Waals surface area contributed by atoms with Gasteiger partial charge in [-0.1, -0.05) is 24.3 Å². The Morgan fingerprint density at radius 1 is 0.769 bits per heavy atom. The van der Waals surface area contributed by atoms with Crippen LogP contribution in [-0.2, 0) is 25.6 Å². The fourth-order valence-corrected chi connectivity index (χ4v) is 4.65. The van der Waals surface area contributed by atoms with Crippen molar-refractivity contribution in [2.24, 2.45) is 0 Å². The summed E-state index contributed by atoms with van der Waals surface area (Å²) in [5, 5.41) is 9.13. The molecule has 8 nitrogen and oxygen atoms in total. The third-order valence-corrected chi connectivity index (χ3v) is 6.76. The van der Waals surface area contributed by atoms with Crippen LogP contribution in [0.3, 0.4) is 0 Å². The van der Waals surface area contributed by atoms with E-state index in [1.807, 2.05) is 0 Å². The number of anilines is 2. The highest BCUT2D eigenvalue weighted by molar-refractivity contribution is 7.90. The van der Waals surface area contributed by atoms with Crippen molar-refractivity contribution < 1.29 is 31.2 Å². The van der Waals surface area contributed by atoms with Crippen LogP contribution < -0.4 is 10.6 Å². The molecule has 4 rings (SSSR count). The highest BCUT2D eigenvalue weighted by Gasteiger charge is 2.40. The molecule has 202 valence electrons. The average Bonchev–Trinajstić information content (AvgIpc) is 3.25. The lowest BCUT2D eigenvalue weighted by Crippen LogP contribution is -2.09. The predicted octanol–water partition coefficient (Wildman–Crippen LogP) is 5.55. The van der Waals surface area contributed by atoms with E-state index >= 15 is 0 Å². The number of amides is 2. The van der Waals surface area contributed by atoms with Crippen LogP contribution in [0.4, 0.5) is 24.5 Å². The lowest BCUT2D eigenvalue weighted by molar-refractivity contribution is -0.140. The second kappa shape index (κ2) is 10.4. The number of halogens is 3. The van der Waals surface area contributed by atoms with Crippen molar-refractivity contribution in [2.45, 2.75) is 24.9 Å². The first-order chi connectivity index (χ1) is 18.2. The zero-order valence-corrected chi connectivity index (χ0v) is 21.8. The van der Waals surface area contributed by atoms with Gasteiger partial charge in [-0.25, -0.2) is 13.1 Å². The molecule has 0 fully saturated rings. The largest absolute Gasteiger partial charge is 0.435 e. The van der Waals surface area contributed by atoms with E-state index in [0.717, 1.165) is 10.9 Å². The van der Waals surface area contributed by atoms with E-state index in [1.54, 1.807) is 0 Å². The molecule has 0 aliphatic rings. The van der Waals surface area contributed by atoms with E-state index in [-0.39, 0.29) is 44.8 Å². The molecule has 0 unspecified atom stereocenters. The zero-order chi connectivity index (χ0) is 28.5. The number of nitrogens with zero attached hydrogens (tertiary/aromatic N) is 2. The first kappa shape index (κ1) is 27.6. The maximum Gasteiger partial charge on any atom is 0.435 e. The van der Waals surface area contributed by atoms with Crippen molar-refractivity contribution in [1.29, 1.82) is 0 Å². The smallest absolute Gasteiger partial charge is 0.326 e. The van der Waals surface area contributed by atoms with Gasteiger partial charge in [0.05, 0.1) is 16.3 Å². The number of nitrogens with one attached hydrogen (secondary N) is 2. The minimum absolute atomic E-state index is 0.00855. The molecule has 0 aliphatic heterocycles. The summed E-state index contributed by atoms with van der Waals surface area (Å²) in [4.78, 5) is 22.8. The lowest BCUT2D eigenvalue weighted by atomic mass is 9.98. The molecule has 39 heavy (non-hydrogen) atoms. The number of rotatable bonds is 6. The quantitative estimate of drug-likeness (QED) is 0.324. The second-order valence-electron chi connectivity index (χ2n) is 8.76. The molecule has 0 saturated heterocycles. The maximum atomic E-state index is 14.4. The van der Waals surface area contributed by atoms with Gasteiger partial charge in [0.15, 0.2) is 15.5 Å². The highest BCUT2D eigenvalue weighted by atomic mass is 32.2. The van der Waals surface area contributed by atoms with Crippen LogP contribution in [-0.4, -0.2) is 36.3 Å². The second-order valence-corrected chi connectivity index (χ2v) is 10.8. The number of benzene rings is 3. The highest BCUT2D eigenvalue weighted by Crippen LogP contribution is 2.44. The molecule has 2 N–H and O–H groups in total. The topological polar surface area (TPSA) is 110 Å². The molecular formula is C27H23F3N4O4S. The predicted molar refractivity (Wildman–Crippen MR) is 141 cm³/mol. The van der Waals surface area contributed by atoms with Crippen LogP contribution in [0, 0.1) is 0 Å². The summed E-state index contributed by atoms with van der Waals surface area (Å²) in [6.45, 7) is 2.65. The number of sulfone groups is 1. The summed E-state index contributed by atoms with van der Waals surface area (Å²) < 4.78 is 68.2. The van der Waals surface area contributed by atoms with Crippen molar-refractivity contribution in [2.75, 3.05) is 16.9 Å². The van der Waals surface area contributed by atoms with Gasteiger partial charge in [0.25, 0.3) is 0 Å². The van der Waals surface area contributed by atoms with Crippen LogP contribution in [0.1, 0.15) is 19.5 Å². The van der Waals surface area contributed by atoms with E-state index < -0.39 is 21.7 Å². The summed E-state index contributed by atoms with van der Waals surface area (Å²) in [6, 6.07) is 17.4. The molecule has 0 spiro atoms. The Balaban J connectivity index is 1.99. The van der Waals surface area contributed by atoms with Crippen molar-refractivity contribution in [3.05, 3.63) is 78.5 Å². The Bertz CT molecular complexity index is 1640. The van der Waals surface area contributed by atoms with Gasteiger partial charge < -0.3 is 10.6 Å². The average molecular weight is 557 g/mol. The van der Waals surface area contributed by atoms with Crippen LogP contribution in [0.2, 0.25) is 0 Å². The summed E-state index contributed by atoms with van der Waals surface area (Å²) in [5.41, 5.74) is 0.289. The van der Waals surface area contributed by atoms with Crippen molar-refractivity contribution in [3.8, 4) is 28.1 Å².